The van der Waals surface area contributed by atoms with E-state index in [4.69, 9.17) is 28.3 Å². The monoisotopic (exact) mass is 256 g/mol. The van der Waals surface area contributed by atoms with Gasteiger partial charge >= 0.3 is 0 Å². The van der Waals surface area contributed by atoms with Crippen LogP contribution < -0.4 is 0 Å². The first-order chi connectivity index (χ1) is 7.63. The minimum absolute atomic E-state index is 0.129. The molecule has 0 saturated carbocycles. The molecule has 0 atom stereocenters. The summed E-state index contributed by atoms with van der Waals surface area (Å²) in [6.07, 6.45) is 0. The molecule has 0 fully saturated rings. The summed E-state index contributed by atoms with van der Waals surface area (Å²) in [5, 5.41) is 10.1. The topological polar surface area (TPSA) is 38.0 Å². The van der Waals surface area contributed by atoms with Gasteiger partial charge in [0.15, 0.2) is 5.15 Å². The van der Waals surface area contributed by atoms with E-state index in [1.165, 1.54) is 0 Å². The molecule has 1 N–H and O–H groups in total. The molecule has 2 rings (SSSR count). The number of nitrogens with zero attached hydrogens (tertiary/aromatic N) is 2. The van der Waals surface area contributed by atoms with E-state index in [0.29, 0.717) is 21.7 Å². The van der Waals surface area contributed by atoms with E-state index in [1.807, 2.05) is 19.2 Å². The van der Waals surface area contributed by atoms with Crippen molar-refractivity contribution in [3.63, 3.8) is 0 Å². The Morgan fingerprint density at radius 3 is 2.38 bits per heavy atom. The van der Waals surface area contributed by atoms with Gasteiger partial charge in [-0.15, -0.1) is 0 Å². The molecule has 3 nitrogen and oxygen atoms in total. The average molecular weight is 257 g/mol. The molecule has 0 amide bonds. The zero-order valence-electron chi connectivity index (χ0n) is 8.61. The van der Waals surface area contributed by atoms with Crippen molar-refractivity contribution < 1.29 is 5.11 Å². The maximum absolute atomic E-state index is 9.14. The molecule has 5 heteroatoms. The van der Waals surface area contributed by atoms with Gasteiger partial charge in [0.05, 0.1) is 12.3 Å². The van der Waals surface area contributed by atoms with Crippen LogP contribution in [0.5, 0.6) is 0 Å². The molecular formula is C11H10Cl2N2O. The molecule has 0 aliphatic heterocycles. The second kappa shape index (κ2) is 4.45. The van der Waals surface area contributed by atoms with Crippen LogP contribution in [0.25, 0.3) is 11.4 Å². The summed E-state index contributed by atoms with van der Waals surface area (Å²) in [7, 11) is 1.81. The van der Waals surface area contributed by atoms with Crippen molar-refractivity contribution in [1.82, 2.24) is 9.55 Å². The van der Waals surface area contributed by atoms with E-state index in [1.54, 1.807) is 16.7 Å². The van der Waals surface area contributed by atoms with Crippen LogP contribution in [-0.2, 0) is 13.7 Å². The van der Waals surface area contributed by atoms with Gasteiger partial charge in [0, 0.05) is 17.6 Å². The van der Waals surface area contributed by atoms with Gasteiger partial charge in [-0.3, -0.25) is 0 Å². The van der Waals surface area contributed by atoms with Crippen LogP contribution in [0.2, 0.25) is 10.2 Å². The van der Waals surface area contributed by atoms with Crippen molar-refractivity contribution in [3.05, 3.63) is 40.1 Å². The number of rotatable bonds is 2. The lowest BCUT2D eigenvalue weighted by Gasteiger charge is -2.03. The Morgan fingerprint density at radius 2 is 1.88 bits per heavy atom. The van der Waals surface area contributed by atoms with Gasteiger partial charge in [-0.1, -0.05) is 23.2 Å². The van der Waals surface area contributed by atoms with Crippen molar-refractivity contribution in [3.8, 4) is 11.4 Å². The minimum atomic E-state index is -0.129. The van der Waals surface area contributed by atoms with Gasteiger partial charge in [-0.2, -0.15) is 0 Å². The van der Waals surface area contributed by atoms with Crippen LogP contribution in [0.1, 0.15) is 5.69 Å². The smallest absolute Gasteiger partial charge is 0.153 e. The lowest BCUT2D eigenvalue weighted by atomic mass is 10.2. The molecule has 1 heterocycles. The normalized spacial score (nSPS) is 10.8. The molecule has 0 saturated heterocycles. The standard InChI is InChI=1S/C11H10Cl2N2O/c1-15-9(6-16)10(13)14-11(15)7-2-4-8(12)5-3-7/h2-5,16H,6H2,1H3. The highest BCUT2D eigenvalue weighted by atomic mass is 35.5. The van der Waals surface area contributed by atoms with Crippen molar-refractivity contribution in [2.24, 2.45) is 7.05 Å². The van der Waals surface area contributed by atoms with Gasteiger partial charge < -0.3 is 9.67 Å². The number of imidazole rings is 1. The second-order valence-corrected chi connectivity index (χ2v) is 4.19. The van der Waals surface area contributed by atoms with Crippen LogP contribution in [-0.4, -0.2) is 14.7 Å². The first-order valence-corrected chi connectivity index (χ1v) is 5.47. The van der Waals surface area contributed by atoms with Crippen molar-refractivity contribution in [1.29, 1.82) is 0 Å². The lowest BCUT2D eigenvalue weighted by molar-refractivity contribution is 0.273. The number of hydrogen-bond donors (Lipinski definition) is 1. The molecule has 0 aliphatic rings. The molecule has 0 unspecified atom stereocenters. The zero-order chi connectivity index (χ0) is 11.7. The van der Waals surface area contributed by atoms with Gasteiger partial charge in [-0.25, -0.2) is 4.98 Å². The van der Waals surface area contributed by atoms with E-state index >= 15 is 0 Å². The zero-order valence-corrected chi connectivity index (χ0v) is 10.1. The summed E-state index contributed by atoms with van der Waals surface area (Å²) in [5.41, 5.74) is 1.51. The molecule has 2 aromatic rings. The van der Waals surface area contributed by atoms with Crippen LogP contribution in [0, 0.1) is 0 Å². The van der Waals surface area contributed by atoms with Gasteiger partial charge in [0.25, 0.3) is 0 Å². The van der Waals surface area contributed by atoms with E-state index < -0.39 is 0 Å². The SMILES string of the molecule is Cn1c(-c2ccc(Cl)cc2)nc(Cl)c1CO. The van der Waals surface area contributed by atoms with Crippen molar-refractivity contribution in [2.45, 2.75) is 6.61 Å². The maximum Gasteiger partial charge on any atom is 0.153 e. The highest BCUT2D eigenvalue weighted by Crippen LogP contribution is 2.25. The van der Waals surface area contributed by atoms with E-state index in [-0.39, 0.29) is 6.61 Å². The predicted octanol–water partition coefficient (Wildman–Crippen LogP) is 2.89. The van der Waals surface area contributed by atoms with Crippen LogP contribution in [0.4, 0.5) is 0 Å². The first-order valence-electron chi connectivity index (χ1n) is 4.71. The summed E-state index contributed by atoms with van der Waals surface area (Å²) in [5.74, 6) is 0.714. The fourth-order valence-corrected chi connectivity index (χ4v) is 1.92. The average Bonchev–Trinajstić information content (AvgIpc) is 2.55. The third kappa shape index (κ3) is 1.94. The molecule has 84 valence electrons. The quantitative estimate of drug-likeness (QED) is 0.898. The molecule has 1 aromatic carbocycles. The summed E-state index contributed by atoms with van der Waals surface area (Å²) in [6.45, 7) is -0.129. The summed E-state index contributed by atoms with van der Waals surface area (Å²) in [6, 6.07) is 7.31. The molecule has 16 heavy (non-hydrogen) atoms. The van der Waals surface area contributed by atoms with E-state index in [9.17, 15) is 0 Å². The molecular weight excluding hydrogens is 247 g/mol. The molecule has 1 aromatic heterocycles. The first kappa shape index (κ1) is 11.5. The fourth-order valence-electron chi connectivity index (χ4n) is 1.53. The number of aliphatic hydroxyl groups excluding tert-OH is 1. The molecule has 0 spiro atoms. The molecule has 0 radical (unpaired) electrons. The van der Waals surface area contributed by atoms with Crippen molar-refractivity contribution >= 4 is 23.2 Å². The second-order valence-electron chi connectivity index (χ2n) is 3.40. The number of aromatic nitrogens is 2. The van der Waals surface area contributed by atoms with Crippen LogP contribution >= 0.6 is 23.2 Å². The fraction of sp³-hybridized carbons (Fsp3) is 0.182. The Balaban J connectivity index is 2.52. The Bertz CT molecular complexity index is 505. The largest absolute Gasteiger partial charge is 0.390 e. The molecule has 0 aliphatic carbocycles. The van der Waals surface area contributed by atoms with E-state index in [2.05, 4.69) is 4.98 Å². The number of halogens is 2. The van der Waals surface area contributed by atoms with E-state index in [0.717, 1.165) is 5.56 Å². The van der Waals surface area contributed by atoms with Crippen LogP contribution in [0.3, 0.4) is 0 Å². The van der Waals surface area contributed by atoms with Gasteiger partial charge in [0.2, 0.25) is 0 Å². The number of aliphatic hydroxyl groups is 1. The van der Waals surface area contributed by atoms with Crippen LogP contribution in [0.15, 0.2) is 24.3 Å². The molecule has 0 bridgehead atoms. The maximum atomic E-state index is 9.14. The van der Waals surface area contributed by atoms with Gasteiger partial charge in [-0.05, 0) is 24.3 Å². The summed E-state index contributed by atoms with van der Waals surface area (Å²) in [4.78, 5) is 4.21. The highest BCUT2D eigenvalue weighted by molar-refractivity contribution is 6.30. The predicted molar refractivity (Wildman–Crippen MR) is 64.6 cm³/mol. The number of hydrogen-bond acceptors (Lipinski definition) is 2. The third-order valence-corrected chi connectivity index (χ3v) is 2.97. The highest BCUT2D eigenvalue weighted by Gasteiger charge is 2.13. The third-order valence-electron chi connectivity index (χ3n) is 2.42. The Kier molecular flexibility index (Phi) is 3.19. The summed E-state index contributed by atoms with van der Waals surface area (Å²) >= 11 is 11.7. The Morgan fingerprint density at radius 1 is 1.25 bits per heavy atom. The van der Waals surface area contributed by atoms with Crippen molar-refractivity contribution in [2.75, 3.05) is 0 Å². The van der Waals surface area contributed by atoms with Gasteiger partial charge in [0.1, 0.15) is 5.82 Å². The number of benzene rings is 1. The summed E-state index contributed by atoms with van der Waals surface area (Å²) < 4.78 is 1.77. The minimum Gasteiger partial charge on any atom is -0.390 e. The lowest BCUT2D eigenvalue weighted by Crippen LogP contribution is -1.98. The Hall–Kier alpha value is -1.03. The Labute approximate surface area is 103 Å².